The molecular weight excluding hydrogens is 270 g/mol. The molecule has 0 fully saturated rings. The van der Waals surface area contributed by atoms with Crippen molar-refractivity contribution in [2.24, 2.45) is 0 Å². The van der Waals surface area contributed by atoms with Crippen LogP contribution in [0.1, 0.15) is 5.56 Å². The van der Waals surface area contributed by atoms with E-state index in [1.165, 1.54) is 0 Å². The zero-order chi connectivity index (χ0) is 14.5. The maximum Gasteiger partial charge on any atom is 0.143 e. The van der Waals surface area contributed by atoms with Crippen molar-refractivity contribution in [2.75, 3.05) is 11.9 Å². The first-order valence-electron chi connectivity index (χ1n) is 6.54. The fourth-order valence-corrected chi connectivity index (χ4v) is 1.96. The Bertz CT molecular complexity index is 692. The van der Waals surface area contributed by atoms with Gasteiger partial charge in [-0.05, 0) is 28.6 Å². The molecule has 0 aliphatic heterocycles. The van der Waals surface area contributed by atoms with Crippen LogP contribution in [0.4, 0.5) is 5.69 Å². The van der Waals surface area contributed by atoms with Gasteiger partial charge in [0.15, 0.2) is 0 Å². The smallest absolute Gasteiger partial charge is 0.143 e. The van der Waals surface area contributed by atoms with Crippen LogP contribution in [-0.4, -0.2) is 41.7 Å². The summed E-state index contributed by atoms with van der Waals surface area (Å²) in [5.41, 5.74) is 2.91. The van der Waals surface area contributed by atoms with E-state index in [1.54, 1.807) is 21.9 Å². The molecule has 8 nitrogen and oxygen atoms in total. The number of aromatic nitrogens is 6. The molecule has 21 heavy (non-hydrogen) atoms. The third-order valence-electron chi connectivity index (χ3n) is 2.97. The molecule has 1 aromatic carbocycles. The molecule has 0 bridgehead atoms. The molecule has 2 heterocycles. The number of benzene rings is 1. The minimum Gasteiger partial charge on any atom is -0.394 e. The molecule has 0 radical (unpaired) electrons. The Kier molecular flexibility index (Phi) is 3.88. The van der Waals surface area contributed by atoms with Gasteiger partial charge in [0.1, 0.15) is 6.33 Å². The third kappa shape index (κ3) is 3.23. The van der Waals surface area contributed by atoms with Crippen LogP contribution in [0.25, 0.3) is 5.69 Å². The summed E-state index contributed by atoms with van der Waals surface area (Å²) in [6.45, 7) is 1.25. The van der Waals surface area contributed by atoms with E-state index in [0.29, 0.717) is 13.1 Å². The number of nitrogens with one attached hydrogen (secondary N) is 1. The zero-order valence-electron chi connectivity index (χ0n) is 11.3. The highest BCUT2D eigenvalue weighted by atomic mass is 16.3. The van der Waals surface area contributed by atoms with E-state index in [1.807, 2.05) is 30.5 Å². The first kappa shape index (κ1) is 13.3. The molecule has 0 aliphatic rings. The summed E-state index contributed by atoms with van der Waals surface area (Å²) < 4.78 is 3.32. The molecule has 3 rings (SSSR count). The Morgan fingerprint density at radius 3 is 3.05 bits per heavy atom. The predicted octanol–water partition coefficient (Wildman–Crippen LogP) is 0.463. The second-order valence-electron chi connectivity index (χ2n) is 4.49. The molecule has 108 valence electrons. The van der Waals surface area contributed by atoms with Gasteiger partial charge in [-0.1, -0.05) is 6.07 Å². The molecule has 0 saturated carbocycles. The Morgan fingerprint density at radius 2 is 2.24 bits per heavy atom. The molecule has 0 amide bonds. The molecule has 0 spiro atoms. The van der Waals surface area contributed by atoms with Crippen molar-refractivity contribution in [2.45, 2.75) is 13.1 Å². The summed E-state index contributed by atoms with van der Waals surface area (Å²) >= 11 is 0. The fraction of sp³-hybridized carbons (Fsp3) is 0.231. The van der Waals surface area contributed by atoms with Gasteiger partial charge in [0, 0.05) is 24.0 Å². The lowest BCUT2D eigenvalue weighted by atomic mass is 10.2. The second-order valence-corrected chi connectivity index (χ2v) is 4.49. The van der Waals surface area contributed by atoms with E-state index in [0.717, 1.165) is 16.9 Å². The van der Waals surface area contributed by atoms with Crippen LogP contribution in [0, 0.1) is 0 Å². The van der Waals surface area contributed by atoms with Gasteiger partial charge in [-0.2, -0.15) is 5.10 Å². The normalized spacial score (nSPS) is 10.7. The van der Waals surface area contributed by atoms with E-state index in [2.05, 4.69) is 25.9 Å². The lowest BCUT2D eigenvalue weighted by Crippen LogP contribution is -2.02. The number of hydrogen-bond acceptors (Lipinski definition) is 6. The number of aliphatic hydroxyl groups is 1. The summed E-state index contributed by atoms with van der Waals surface area (Å²) in [5.74, 6) is 0. The zero-order valence-corrected chi connectivity index (χ0v) is 11.3. The molecular formula is C13H15N7O. The van der Waals surface area contributed by atoms with Crippen LogP contribution in [0.5, 0.6) is 0 Å². The van der Waals surface area contributed by atoms with E-state index < -0.39 is 0 Å². The summed E-state index contributed by atoms with van der Waals surface area (Å²) in [6, 6.07) is 7.82. The quantitative estimate of drug-likeness (QED) is 0.683. The van der Waals surface area contributed by atoms with Crippen molar-refractivity contribution in [3.63, 3.8) is 0 Å². The Balaban J connectivity index is 1.66. The van der Waals surface area contributed by atoms with Crippen LogP contribution in [0.15, 0.2) is 43.0 Å². The van der Waals surface area contributed by atoms with Crippen molar-refractivity contribution in [1.29, 1.82) is 0 Å². The van der Waals surface area contributed by atoms with Crippen molar-refractivity contribution < 1.29 is 5.11 Å². The molecule has 2 aromatic heterocycles. The standard InChI is InChI=1S/C13H15N7O/c21-5-4-19-9-11(8-16-19)7-14-12-2-1-3-13(6-12)20-10-15-17-18-20/h1-3,6,8-10,14,21H,4-5,7H2. The Labute approximate surface area is 121 Å². The molecule has 2 N–H and O–H groups in total. The molecule has 0 saturated heterocycles. The van der Waals surface area contributed by atoms with Gasteiger partial charge in [-0.15, -0.1) is 5.10 Å². The average Bonchev–Trinajstić information content (AvgIpc) is 3.18. The van der Waals surface area contributed by atoms with Crippen LogP contribution >= 0.6 is 0 Å². The van der Waals surface area contributed by atoms with Gasteiger partial charge < -0.3 is 10.4 Å². The molecule has 8 heteroatoms. The monoisotopic (exact) mass is 285 g/mol. The molecule has 3 aromatic rings. The second kappa shape index (κ2) is 6.14. The lowest BCUT2D eigenvalue weighted by Gasteiger charge is -2.06. The van der Waals surface area contributed by atoms with Gasteiger partial charge in [-0.3, -0.25) is 4.68 Å². The number of tetrazole rings is 1. The van der Waals surface area contributed by atoms with Crippen molar-refractivity contribution >= 4 is 5.69 Å². The van der Waals surface area contributed by atoms with Gasteiger partial charge >= 0.3 is 0 Å². The first-order valence-corrected chi connectivity index (χ1v) is 6.54. The number of anilines is 1. The average molecular weight is 285 g/mol. The minimum absolute atomic E-state index is 0.0858. The van der Waals surface area contributed by atoms with E-state index >= 15 is 0 Å². The highest BCUT2D eigenvalue weighted by Crippen LogP contribution is 2.14. The van der Waals surface area contributed by atoms with Crippen molar-refractivity contribution in [1.82, 2.24) is 30.0 Å². The van der Waals surface area contributed by atoms with Crippen LogP contribution < -0.4 is 5.32 Å². The Morgan fingerprint density at radius 1 is 1.29 bits per heavy atom. The minimum atomic E-state index is 0.0858. The van der Waals surface area contributed by atoms with Gasteiger partial charge in [0.2, 0.25) is 0 Å². The number of rotatable bonds is 6. The summed E-state index contributed by atoms with van der Waals surface area (Å²) in [4.78, 5) is 0. The van der Waals surface area contributed by atoms with Crippen molar-refractivity contribution in [3.05, 3.63) is 48.5 Å². The summed E-state index contributed by atoms with van der Waals surface area (Å²) in [5, 5.41) is 27.5. The van der Waals surface area contributed by atoms with Crippen LogP contribution in [0.3, 0.4) is 0 Å². The highest BCUT2D eigenvalue weighted by molar-refractivity contribution is 5.50. The SMILES string of the molecule is OCCn1cc(CNc2cccc(-n3cnnn3)c2)cn1. The predicted molar refractivity (Wildman–Crippen MR) is 75.8 cm³/mol. The van der Waals surface area contributed by atoms with E-state index in [9.17, 15) is 0 Å². The lowest BCUT2D eigenvalue weighted by molar-refractivity contribution is 0.269. The maximum absolute atomic E-state index is 8.86. The topological polar surface area (TPSA) is 93.7 Å². The van der Waals surface area contributed by atoms with E-state index in [4.69, 9.17) is 5.11 Å². The highest BCUT2D eigenvalue weighted by Gasteiger charge is 2.01. The van der Waals surface area contributed by atoms with Crippen LogP contribution in [0.2, 0.25) is 0 Å². The summed E-state index contributed by atoms with van der Waals surface area (Å²) in [7, 11) is 0. The third-order valence-corrected chi connectivity index (χ3v) is 2.97. The van der Waals surface area contributed by atoms with Crippen molar-refractivity contribution in [3.8, 4) is 5.69 Å². The molecule has 0 aliphatic carbocycles. The fourth-order valence-electron chi connectivity index (χ4n) is 1.96. The molecule has 0 atom stereocenters. The number of aliphatic hydroxyl groups excluding tert-OH is 1. The van der Waals surface area contributed by atoms with Gasteiger partial charge in [0.05, 0.1) is 25.0 Å². The van der Waals surface area contributed by atoms with Crippen LogP contribution in [-0.2, 0) is 13.1 Å². The number of hydrogen-bond donors (Lipinski definition) is 2. The largest absolute Gasteiger partial charge is 0.394 e. The first-order chi connectivity index (χ1) is 10.3. The van der Waals surface area contributed by atoms with Gasteiger partial charge in [0.25, 0.3) is 0 Å². The summed E-state index contributed by atoms with van der Waals surface area (Å²) in [6.07, 6.45) is 5.25. The number of nitrogens with zero attached hydrogens (tertiary/aromatic N) is 6. The molecule has 0 unspecified atom stereocenters. The van der Waals surface area contributed by atoms with Gasteiger partial charge in [-0.25, -0.2) is 4.68 Å². The Hall–Kier alpha value is -2.74. The van der Waals surface area contributed by atoms with E-state index in [-0.39, 0.29) is 6.61 Å². The maximum atomic E-state index is 8.86.